The normalized spacial score (nSPS) is 24.8. The van der Waals surface area contributed by atoms with Gasteiger partial charge in [0.1, 0.15) is 11.9 Å². The molecule has 2 aliphatic heterocycles. The van der Waals surface area contributed by atoms with E-state index >= 15 is 0 Å². The molecule has 6 nitrogen and oxygen atoms in total. The van der Waals surface area contributed by atoms with E-state index in [1.165, 1.54) is 24.0 Å². The summed E-state index contributed by atoms with van der Waals surface area (Å²) in [6, 6.07) is 12.5. The highest BCUT2D eigenvalue weighted by Gasteiger charge is 2.47. The average Bonchev–Trinajstić information content (AvgIpc) is 3.66. The fraction of sp³-hybridized carbons (Fsp3) is 0.423. The van der Waals surface area contributed by atoms with Crippen LogP contribution in [0.15, 0.2) is 42.6 Å². The van der Waals surface area contributed by atoms with Crippen molar-refractivity contribution in [2.24, 2.45) is 11.8 Å². The molecule has 1 amide bonds. The number of fused-ring (bicyclic) bond motifs is 1. The van der Waals surface area contributed by atoms with Crippen LogP contribution in [0.4, 0.5) is 11.5 Å². The summed E-state index contributed by atoms with van der Waals surface area (Å²) >= 11 is 0. The fourth-order valence-corrected chi connectivity index (χ4v) is 5.26. The highest BCUT2D eigenvalue weighted by Crippen LogP contribution is 2.50. The highest BCUT2D eigenvalue weighted by atomic mass is 16.5. The lowest BCUT2D eigenvalue weighted by atomic mass is 9.79. The third-order valence-corrected chi connectivity index (χ3v) is 6.96. The standard InChI is InChI=1S/C26H28N4O2/c1-16-25(29-24-8-3-18(14-27)15-28-24)22-13-21(19-9-11-32-12-10-19)6-7-23(22)30(17(2)31)26(16)20-4-5-20/h3,6-9,13,15-16,20,25-26H,4-5,10-12H2,1-2H3,(H,28,29)/t16-,25?,26?/m1/s1. The van der Waals surface area contributed by atoms with Gasteiger partial charge in [0.25, 0.3) is 0 Å². The molecule has 3 aliphatic rings. The summed E-state index contributed by atoms with van der Waals surface area (Å²) < 4.78 is 5.49. The zero-order valence-electron chi connectivity index (χ0n) is 18.5. The largest absolute Gasteiger partial charge is 0.377 e. The second-order valence-electron chi connectivity index (χ2n) is 9.07. The molecule has 0 radical (unpaired) electrons. The van der Waals surface area contributed by atoms with Gasteiger partial charge < -0.3 is 15.0 Å². The van der Waals surface area contributed by atoms with Gasteiger partial charge in [-0.25, -0.2) is 4.98 Å². The molecule has 1 aromatic heterocycles. The first-order valence-electron chi connectivity index (χ1n) is 11.4. The van der Waals surface area contributed by atoms with E-state index in [0.717, 1.165) is 30.1 Å². The molecule has 1 aromatic carbocycles. The van der Waals surface area contributed by atoms with Gasteiger partial charge in [0.05, 0.1) is 24.8 Å². The van der Waals surface area contributed by atoms with Gasteiger partial charge >= 0.3 is 0 Å². The summed E-state index contributed by atoms with van der Waals surface area (Å²) in [5, 5.41) is 12.7. The molecule has 164 valence electrons. The van der Waals surface area contributed by atoms with Crippen molar-refractivity contribution in [2.75, 3.05) is 23.4 Å². The van der Waals surface area contributed by atoms with E-state index in [0.29, 0.717) is 18.1 Å². The SMILES string of the molecule is CC(=O)N1c2ccc(C3=CCOCC3)cc2C(Nc2ccc(C#N)cn2)[C@@H](C)C1C1CC1. The number of nitriles is 1. The second kappa shape index (κ2) is 8.40. The van der Waals surface area contributed by atoms with Crippen molar-refractivity contribution >= 4 is 23.0 Å². The Morgan fingerprint density at radius 3 is 2.75 bits per heavy atom. The third-order valence-electron chi connectivity index (χ3n) is 6.96. The van der Waals surface area contributed by atoms with Gasteiger partial charge in [-0.05, 0) is 66.1 Å². The monoisotopic (exact) mass is 428 g/mol. The predicted molar refractivity (Wildman–Crippen MR) is 124 cm³/mol. The number of nitrogens with zero attached hydrogens (tertiary/aromatic N) is 3. The minimum absolute atomic E-state index is 0.0204. The number of benzene rings is 1. The Hall–Kier alpha value is -3.17. The van der Waals surface area contributed by atoms with Crippen molar-refractivity contribution in [3.63, 3.8) is 0 Å². The number of anilines is 2. The number of amides is 1. The fourth-order valence-electron chi connectivity index (χ4n) is 5.26. The number of pyridine rings is 1. The van der Waals surface area contributed by atoms with E-state index in [9.17, 15) is 4.79 Å². The average molecular weight is 429 g/mol. The first-order chi connectivity index (χ1) is 15.6. The number of rotatable bonds is 4. The van der Waals surface area contributed by atoms with E-state index in [1.807, 2.05) is 11.0 Å². The molecule has 0 bridgehead atoms. The Balaban J connectivity index is 1.59. The lowest BCUT2D eigenvalue weighted by Gasteiger charge is -2.46. The summed E-state index contributed by atoms with van der Waals surface area (Å²) in [7, 11) is 0. The van der Waals surface area contributed by atoms with Gasteiger partial charge in [0.2, 0.25) is 5.91 Å². The van der Waals surface area contributed by atoms with Crippen LogP contribution in [0.1, 0.15) is 55.8 Å². The molecule has 1 saturated carbocycles. The molecule has 3 heterocycles. The van der Waals surface area contributed by atoms with Crippen LogP contribution in [0.5, 0.6) is 0 Å². The maximum atomic E-state index is 12.8. The summed E-state index contributed by atoms with van der Waals surface area (Å²) in [4.78, 5) is 19.3. The number of nitrogens with one attached hydrogen (secondary N) is 1. The summed E-state index contributed by atoms with van der Waals surface area (Å²) in [5.74, 6) is 1.60. The number of carbonyl (C=O) groups is 1. The quantitative estimate of drug-likeness (QED) is 0.764. The number of aromatic nitrogens is 1. The van der Waals surface area contributed by atoms with Crippen molar-refractivity contribution in [2.45, 2.75) is 45.2 Å². The van der Waals surface area contributed by atoms with Crippen LogP contribution in [-0.4, -0.2) is 30.1 Å². The zero-order chi connectivity index (χ0) is 22.2. The Morgan fingerprint density at radius 2 is 2.12 bits per heavy atom. The minimum atomic E-state index is 0.0204. The summed E-state index contributed by atoms with van der Waals surface area (Å²) in [5.41, 5.74) is 5.14. The molecule has 2 unspecified atom stereocenters. The molecular formula is C26H28N4O2. The summed E-state index contributed by atoms with van der Waals surface area (Å²) in [6.07, 6.45) is 6.98. The molecule has 5 rings (SSSR count). The Bertz CT molecular complexity index is 1100. The Morgan fingerprint density at radius 1 is 1.28 bits per heavy atom. The van der Waals surface area contributed by atoms with Crippen LogP contribution in [0, 0.1) is 23.2 Å². The van der Waals surface area contributed by atoms with E-state index in [4.69, 9.17) is 10.00 Å². The maximum Gasteiger partial charge on any atom is 0.224 e. The van der Waals surface area contributed by atoms with Gasteiger partial charge in [-0.3, -0.25) is 4.79 Å². The molecule has 1 aliphatic carbocycles. The van der Waals surface area contributed by atoms with Gasteiger partial charge in [-0.15, -0.1) is 0 Å². The molecule has 1 N–H and O–H groups in total. The number of ether oxygens (including phenoxy) is 1. The molecule has 0 spiro atoms. The van der Waals surface area contributed by atoms with Crippen LogP contribution in [-0.2, 0) is 9.53 Å². The molecule has 0 saturated heterocycles. The first kappa shape index (κ1) is 20.7. The smallest absolute Gasteiger partial charge is 0.224 e. The molecular weight excluding hydrogens is 400 g/mol. The van der Waals surface area contributed by atoms with Gasteiger partial charge in [-0.2, -0.15) is 5.26 Å². The van der Waals surface area contributed by atoms with Gasteiger partial charge in [-0.1, -0.05) is 19.1 Å². The van der Waals surface area contributed by atoms with Gasteiger partial charge in [0.15, 0.2) is 0 Å². The zero-order valence-corrected chi connectivity index (χ0v) is 18.5. The van der Waals surface area contributed by atoms with Crippen LogP contribution in [0.3, 0.4) is 0 Å². The second-order valence-corrected chi connectivity index (χ2v) is 9.07. The summed E-state index contributed by atoms with van der Waals surface area (Å²) in [6.45, 7) is 5.29. The van der Waals surface area contributed by atoms with Crippen LogP contribution in [0.25, 0.3) is 5.57 Å². The third kappa shape index (κ3) is 3.78. The highest BCUT2D eigenvalue weighted by molar-refractivity contribution is 5.94. The van der Waals surface area contributed by atoms with Crippen molar-refractivity contribution in [3.8, 4) is 6.07 Å². The number of hydrogen-bond donors (Lipinski definition) is 1. The van der Waals surface area contributed by atoms with Crippen LogP contribution in [0.2, 0.25) is 0 Å². The molecule has 6 heteroatoms. The lowest BCUT2D eigenvalue weighted by Crippen LogP contribution is -2.51. The molecule has 1 fully saturated rings. The van der Waals surface area contributed by atoms with Crippen molar-refractivity contribution in [1.82, 2.24) is 4.98 Å². The lowest BCUT2D eigenvalue weighted by molar-refractivity contribution is -0.117. The molecule has 2 aromatic rings. The van der Waals surface area contributed by atoms with Crippen molar-refractivity contribution < 1.29 is 9.53 Å². The number of hydrogen-bond acceptors (Lipinski definition) is 5. The van der Waals surface area contributed by atoms with E-state index in [2.05, 4.69) is 47.6 Å². The number of carbonyl (C=O) groups excluding carboxylic acids is 1. The van der Waals surface area contributed by atoms with Crippen LogP contribution < -0.4 is 10.2 Å². The van der Waals surface area contributed by atoms with Crippen molar-refractivity contribution in [3.05, 3.63) is 59.3 Å². The minimum Gasteiger partial charge on any atom is -0.377 e. The molecule has 32 heavy (non-hydrogen) atoms. The Labute approximate surface area is 188 Å². The van der Waals surface area contributed by atoms with E-state index in [1.54, 1.807) is 19.2 Å². The van der Waals surface area contributed by atoms with E-state index < -0.39 is 0 Å². The van der Waals surface area contributed by atoms with E-state index in [-0.39, 0.29) is 23.9 Å². The topological polar surface area (TPSA) is 78.2 Å². The van der Waals surface area contributed by atoms with Crippen LogP contribution >= 0.6 is 0 Å². The van der Waals surface area contributed by atoms with Crippen molar-refractivity contribution in [1.29, 1.82) is 5.26 Å². The Kier molecular flexibility index (Phi) is 5.44. The molecule has 3 atom stereocenters. The van der Waals surface area contributed by atoms with Gasteiger partial charge in [0, 0.05) is 30.8 Å². The predicted octanol–water partition coefficient (Wildman–Crippen LogP) is 4.69. The first-order valence-corrected chi connectivity index (χ1v) is 11.4. The maximum absolute atomic E-state index is 12.8.